The number of aromatic nitrogens is 4. The second-order valence-corrected chi connectivity index (χ2v) is 7.15. The summed E-state index contributed by atoms with van der Waals surface area (Å²) >= 11 is 0. The molecule has 0 N–H and O–H groups in total. The van der Waals surface area contributed by atoms with Crippen molar-refractivity contribution in [2.24, 2.45) is 5.92 Å². The molecule has 0 unspecified atom stereocenters. The molecule has 3 rings (SSSR count). The lowest BCUT2D eigenvalue weighted by Crippen LogP contribution is -2.52. The molecule has 0 aromatic carbocycles. The highest BCUT2D eigenvalue weighted by atomic mass is 15.4. The second-order valence-electron chi connectivity index (χ2n) is 7.15. The molecule has 0 saturated carbocycles. The summed E-state index contributed by atoms with van der Waals surface area (Å²) in [5.74, 6) is 2.73. The van der Waals surface area contributed by atoms with Gasteiger partial charge in [-0.3, -0.25) is 4.90 Å². The van der Waals surface area contributed by atoms with Gasteiger partial charge in [0.1, 0.15) is 18.0 Å². The number of hydrogen-bond acceptors (Lipinski definition) is 5. The molecule has 2 aromatic rings. The fraction of sp³-hybridized carbons (Fsp3) is 0.611. The number of piperazine rings is 1. The molecular formula is C18H28N6. The molecule has 0 amide bonds. The van der Waals surface area contributed by atoms with Crippen LogP contribution in [-0.4, -0.2) is 50.3 Å². The molecule has 130 valence electrons. The predicted octanol–water partition coefficient (Wildman–Crippen LogP) is 2.35. The molecule has 24 heavy (non-hydrogen) atoms. The number of aryl methyl sites for hydroxylation is 1. The highest BCUT2D eigenvalue weighted by Crippen LogP contribution is 2.19. The minimum absolute atomic E-state index is 0.463. The number of hydrogen-bond donors (Lipinski definition) is 0. The van der Waals surface area contributed by atoms with Crippen molar-refractivity contribution in [1.29, 1.82) is 0 Å². The molecule has 2 aromatic heterocycles. The molecule has 1 fully saturated rings. The van der Waals surface area contributed by atoms with E-state index >= 15 is 0 Å². The molecule has 6 nitrogen and oxygen atoms in total. The summed E-state index contributed by atoms with van der Waals surface area (Å²) in [6.45, 7) is 13.6. The van der Waals surface area contributed by atoms with Crippen molar-refractivity contribution in [3.05, 3.63) is 36.0 Å². The van der Waals surface area contributed by atoms with Crippen LogP contribution >= 0.6 is 0 Å². The Bertz CT molecular complexity index is 665. The van der Waals surface area contributed by atoms with Crippen LogP contribution in [0.3, 0.4) is 0 Å². The molecule has 0 radical (unpaired) electrons. The Morgan fingerprint density at radius 1 is 1.25 bits per heavy atom. The van der Waals surface area contributed by atoms with Crippen LogP contribution < -0.4 is 4.90 Å². The van der Waals surface area contributed by atoms with E-state index in [9.17, 15) is 0 Å². The van der Waals surface area contributed by atoms with E-state index in [1.165, 1.54) is 0 Å². The Morgan fingerprint density at radius 3 is 2.79 bits per heavy atom. The molecule has 3 heterocycles. The summed E-state index contributed by atoms with van der Waals surface area (Å²) < 4.78 is 2.05. The van der Waals surface area contributed by atoms with Crippen molar-refractivity contribution in [3.63, 3.8) is 0 Å². The van der Waals surface area contributed by atoms with Crippen LogP contribution in [0.5, 0.6) is 0 Å². The van der Waals surface area contributed by atoms with Gasteiger partial charge in [0, 0.05) is 37.9 Å². The summed E-state index contributed by atoms with van der Waals surface area (Å²) in [4.78, 5) is 14.0. The zero-order valence-electron chi connectivity index (χ0n) is 15.2. The first-order valence-electron chi connectivity index (χ1n) is 8.82. The maximum absolute atomic E-state index is 4.66. The molecule has 1 atom stereocenters. The summed E-state index contributed by atoms with van der Waals surface area (Å²) in [6, 6.07) is 6.70. The molecule has 6 heteroatoms. The number of rotatable bonds is 5. The number of pyridine rings is 1. The molecule has 1 aliphatic rings. The van der Waals surface area contributed by atoms with Gasteiger partial charge in [-0.05, 0) is 31.9 Å². The summed E-state index contributed by atoms with van der Waals surface area (Å²) in [5, 5.41) is 4.38. The van der Waals surface area contributed by atoms with Crippen molar-refractivity contribution >= 4 is 5.82 Å². The van der Waals surface area contributed by atoms with Gasteiger partial charge in [0.2, 0.25) is 0 Å². The molecule has 0 bridgehead atoms. The van der Waals surface area contributed by atoms with Gasteiger partial charge >= 0.3 is 0 Å². The van der Waals surface area contributed by atoms with E-state index in [0.29, 0.717) is 12.0 Å². The lowest BCUT2D eigenvalue weighted by molar-refractivity contribution is 0.172. The maximum Gasteiger partial charge on any atom is 0.141 e. The van der Waals surface area contributed by atoms with Gasteiger partial charge in [0.15, 0.2) is 0 Å². The third-order valence-corrected chi connectivity index (χ3v) is 4.54. The first-order valence-corrected chi connectivity index (χ1v) is 8.82. The Kier molecular flexibility index (Phi) is 5.14. The fourth-order valence-corrected chi connectivity index (χ4v) is 3.23. The fourth-order valence-electron chi connectivity index (χ4n) is 3.23. The maximum atomic E-state index is 4.66. The van der Waals surface area contributed by atoms with E-state index in [-0.39, 0.29) is 0 Å². The van der Waals surface area contributed by atoms with Gasteiger partial charge in [0.25, 0.3) is 0 Å². The van der Waals surface area contributed by atoms with Crippen molar-refractivity contribution in [3.8, 4) is 0 Å². The highest BCUT2D eigenvalue weighted by molar-refractivity contribution is 5.40. The van der Waals surface area contributed by atoms with E-state index in [2.05, 4.69) is 57.8 Å². The molecule has 0 spiro atoms. The van der Waals surface area contributed by atoms with Crippen LogP contribution in [0, 0.1) is 12.8 Å². The highest BCUT2D eigenvalue weighted by Gasteiger charge is 2.25. The summed E-state index contributed by atoms with van der Waals surface area (Å²) in [7, 11) is 0. The topological polar surface area (TPSA) is 50.1 Å². The number of nitrogens with zero attached hydrogens (tertiary/aromatic N) is 6. The van der Waals surface area contributed by atoms with Crippen LogP contribution in [0.1, 0.15) is 32.3 Å². The van der Waals surface area contributed by atoms with Crippen LogP contribution in [0.25, 0.3) is 0 Å². The lowest BCUT2D eigenvalue weighted by atomic mass is 10.2. The van der Waals surface area contributed by atoms with Gasteiger partial charge in [-0.2, -0.15) is 5.10 Å². The zero-order valence-corrected chi connectivity index (χ0v) is 15.2. The Hall–Kier alpha value is -1.95. The third kappa shape index (κ3) is 3.93. The van der Waals surface area contributed by atoms with Crippen LogP contribution in [-0.2, 0) is 13.1 Å². The minimum atomic E-state index is 0.463. The minimum Gasteiger partial charge on any atom is -0.354 e. The van der Waals surface area contributed by atoms with Gasteiger partial charge in [-0.1, -0.05) is 19.9 Å². The quantitative estimate of drug-likeness (QED) is 0.843. The Labute approximate surface area is 144 Å². The van der Waals surface area contributed by atoms with Crippen molar-refractivity contribution in [2.75, 3.05) is 24.5 Å². The first-order chi connectivity index (χ1) is 11.5. The van der Waals surface area contributed by atoms with Crippen LogP contribution in [0.2, 0.25) is 0 Å². The largest absolute Gasteiger partial charge is 0.354 e. The van der Waals surface area contributed by atoms with Crippen LogP contribution in [0.4, 0.5) is 5.82 Å². The average Bonchev–Trinajstić information content (AvgIpc) is 2.95. The molecular weight excluding hydrogens is 300 g/mol. The van der Waals surface area contributed by atoms with Gasteiger partial charge in [0.05, 0.1) is 6.54 Å². The number of anilines is 1. The lowest BCUT2D eigenvalue weighted by Gasteiger charge is -2.40. The van der Waals surface area contributed by atoms with Gasteiger partial charge < -0.3 is 4.90 Å². The van der Waals surface area contributed by atoms with E-state index in [1.54, 1.807) is 6.33 Å². The van der Waals surface area contributed by atoms with E-state index < -0.39 is 0 Å². The molecule has 0 aliphatic carbocycles. The first kappa shape index (κ1) is 16.9. The second kappa shape index (κ2) is 7.30. The van der Waals surface area contributed by atoms with Gasteiger partial charge in [-0.25, -0.2) is 14.6 Å². The monoisotopic (exact) mass is 328 g/mol. The van der Waals surface area contributed by atoms with Crippen molar-refractivity contribution in [1.82, 2.24) is 24.6 Å². The molecule has 1 aliphatic heterocycles. The Morgan fingerprint density at radius 2 is 2.08 bits per heavy atom. The normalized spacial score (nSPS) is 19.2. The zero-order chi connectivity index (χ0) is 17.1. The SMILES string of the molecule is Cc1cccc(N2CCN(Cc3ncnn3CC(C)C)[C@@H](C)C2)n1. The van der Waals surface area contributed by atoms with E-state index in [0.717, 1.165) is 50.1 Å². The third-order valence-electron chi connectivity index (χ3n) is 4.54. The Balaban J connectivity index is 1.63. The smallest absolute Gasteiger partial charge is 0.141 e. The molecule has 1 saturated heterocycles. The average molecular weight is 328 g/mol. The van der Waals surface area contributed by atoms with Crippen molar-refractivity contribution < 1.29 is 0 Å². The summed E-state index contributed by atoms with van der Waals surface area (Å²) in [5.41, 5.74) is 1.07. The predicted molar refractivity (Wildman–Crippen MR) is 95.9 cm³/mol. The van der Waals surface area contributed by atoms with Crippen LogP contribution in [0.15, 0.2) is 24.5 Å². The van der Waals surface area contributed by atoms with Gasteiger partial charge in [-0.15, -0.1) is 0 Å². The van der Waals surface area contributed by atoms with E-state index in [1.807, 2.05) is 17.7 Å². The van der Waals surface area contributed by atoms with Crippen molar-refractivity contribution in [2.45, 2.75) is 46.8 Å². The van der Waals surface area contributed by atoms with E-state index in [4.69, 9.17) is 0 Å². The standard InChI is InChI=1S/C18H28N6/c1-14(2)10-24-18(19-13-20-24)12-22-8-9-23(11-16(22)4)17-7-5-6-15(3)21-17/h5-7,13-14,16H,8-12H2,1-4H3/t16-/m0/s1. The summed E-state index contributed by atoms with van der Waals surface area (Å²) in [6.07, 6.45) is 1.68.